The number of carbonyl (C=O) groups is 1. The minimum absolute atomic E-state index is 0.0458. The minimum Gasteiger partial charge on any atom is -0.338 e. The van der Waals surface area contributed by atoms with Crippen LogP contribution in [0.3, 0.4) is 0 Å². The highest BCUT2D eigenvalue weighted by Gasteiger charge is 2.27. The molecular formula is C24H28N4O2. The third-order valence-electron chi connectivity index (χ3n) is 5.58. The summed E-state index contributed by atoms with van der Waals surface area (Å²) in [6, 6.07) is 17.8. The first-order chi connectivity index (χ1) is 14.6. The smallest absolute Gasteiger partial charge is 0.241 e. The molecule has 0 saturated carbocycles. The van der Waals surface area contributed by atoms with Crippen molar-refractivity contribution in [3.8, 4) is 11.4 Å². The van der Waals surface area contributed by atoms with Crippen molar-refractivity contribution in [3.63, 3.8) is 0 Å². The predicted molar refractivity (Wildman–Crippen MR) is 117 cm³/mol. The quantitative estimate of drug-likeness (QED) is 0.644. The summed E-state index contributed by atoms with van der Waals surface area (Å²) in [7, 11) is 0. The van der Waals surface area contributed by atoms with Gasteiger partial charge in [-0.15, -0.1) is 0 Å². The fourth-order valence-electron chi connectivity index (χ4n) is 3.98. The molecule has 3 aromatic rings. The number of para-hydroxylation sites is 1. The summed E-state index contributed by atoms with van der Waals surface area (Å²) < 4.78 is 5.45. The molecule has 156 valence electrons. The van der Waals surface area contributed by atoms with Crippen molar-refractivity contribution >= 4 is 11.6 Å². The zero-order chi connectivity index (χ0) is 20.9. The van der Waals surface area contributed by atoms with Gasteiger partial charge >= 0.3 is 0 Å². The number of anilines is 1. The van der Waals surface area contributed by atoms with Crippen molar-refractivity contribution in [2.24, 2.45) is 5.92 Å². The Morgan fingerprint density at radius 3 is 2.73 bits per heavy atom. The summed E-state index contributed by atoms with van der Waals surface area (Å²) >= 11 is 0. The number of aromatic nitrogens is 2. The highest BCUT2D eigenvalue weighted by atomic mass is 16.5. The van der Waals surface area contributed by atoms with Crippen LogP contribution >= 0.6 is 0 Å². The molecule has 1 atom stereocenters. The van der Waals surface area contributed by atoms with Crippen LogP contribution in [0, 0.1) is 5.92 Å². The van der Waals surface area contributed by atoms with E-state index in [1.165, 1.54) is 0 Å². The maximum atomic E-state index is 12.9. The molecule has 1 aliphatic rings. The van der Waals surface area contributed by atoms with Gasteiger partial charge in [0, 0.05) is 17.8 Å². The maximum Gasteiger partial charge on any atom is 0.241 e. The van der Waals surface area contributed by atoms with E-state index >= 15 is 0 Å². The summed E-state index contributed by atoms with van der Waals surface area (Å²) in [5.41, 5.74) is 3.02. The number of likely N-dealkylation sites (tertiary alicyclic amines) is 1. The van der Waals surface area contributed by atoms with Crippen LogP contribution in [-0.2, 0) is 11.3 Å². The fourth-order valence-corrected chi connectivity index (χ4v) is 3.98. The van der Waals surface area contributed by atoms with E-state index in [2.05, 4.69) is 40.3 Å². The number of benzene rings is 2. The molecule has 2 aromatic carbocycles. The van der Waals surface area contributed by atoms with E-state index < -0.39 is 0 Å². The van der Waals surface area contributed by atoms with Gasteiger partial charge in [0.05, 0.1) is 12.5 Å². The van der Waals surface area contributed by atoms with Crippen LogP contribution in [0.4, 0.5) is 5.69 Å². The van der Waals surface area contributed by atoms with Gasteiger partial charge in [-0.05, 0) is 36.9 Å². The molecule has 1 N–H and O–H groups in total. The molecule has 0 aliphatic carbocycles. The summed E-state index contributed by atoms with van der Waals surface area (Å²) in [6.45, 7) is 6.46. The molecule has 0 bridgehead atoms. The molecule has 1 aliphatic heterocycles. The lowest BCUT2D eigenvalue weighted by Crippen LogP contribution is -2.40. The SMILES string of the molecule is CC(C)c1ccccc1NC(=O)C1CCCN(Cc2nc(-c3ccccc3)no2)C1. The Morgan fingerprint density at radius 1 is 1.17 bits per heavy atom. The monoisotopic (exact) mass is 404 g/mol. The molecule has 30 heavy (non-hydrogen) atoms. The Balaban J connectivity index is 1.38. The average Bonchev–Trinajstić information content (AvgIpc) is 3.23. The molecule has 2 heterocycles. The zero-order valence-electron chi connectivity index (χ0n) is 17.5. The molecule has 1 saturated heterocycles. The Hall–Kier alpha value is -2.99. The van der Waals surface area contributed by atoms with Crippen molar-refractivity contribution in [1.82, 2.24) is 15.0 Å². The summed E-state index contributed by atoms with van der Waals surface area (Å²) in [5.74, 6) is 1.58. The normalized spacial score (nSPS) is 17.2. The highest BCUT2D eigenvalue weighted by molar-refractivity contribution is 5.93. The molecule has 6 heteroatoms. The number of piperidine rings is 1. The van der Waals surface area contributed by atoms with Gasteiger partial charge in [0.25, 0.3) is 0 Å². The zero-order valence-corrected chi connectivity index (χ0v) is 17.5. The lowest BCUT2D eigenvalue weighted by atomic mass is 9.96. The second-order valence-corrected chi connectivity index (χ2v) is 8.18. The largest absolute Gasteiger partial charge is 0.338 e. The van der Waals surface area contributed by atoms with Crippen LogP contribution in [0.15, 0.2) is 59.1 Å². The van der Waals surface area contributed by atoms with Crippen molar-refractivity contribution in [1.29, 1.82) is 0 Å². The van der Waals surface area contributed by atoms with E-state index in [4.69, 9.17) is 4.52 Å². The second kappa shape index (κ2) is 9.22. The number of carbonyl (C=O) groups excluding carboxylic acids is 1. The number of hydrogen-bond donors (Lipinski definition) is 1. The van der Waals surface area contributed by atoms with Gasteiger partial charge in [-0.1, -0.05) is 67.5 Å². The number of amides is 1. The summed E-state index contributed by atoms with van der Waals surface area (Å²) in [6.07, 6.45) is 1.87. The van der Waals surface area contributed by atoms with Crippen molar-refractivity contribution in [2.75, 3.05) is 18.4 Å². The van der Waals surface area contributed by atoms with Crippen LogP contribution in [0.1, 0.15) is 44.1 Å². The van der Waals surface area contributed by atoms with Crippen LogP contribution in [0.25, 0.3) is 11.4 Å². The maximum absolute atomic E-state index is 12.9. The number of nitrogens with one attached hydrogen (secondary N) is 1. The topological polar surface area (TPSA) is 71.3 Å². The Labute approximate surface area is 177 Å². The Bertz CT molecular complexity index is 984. The standard InChI is InChI=1S/C24H28N4O2/c1-17(2)20-12-6-7-13-21(20)25-24(29)19-11-8-14-28(15-19)16-22-26-23(27-30-22)18-9-4-3-5-10-18/h3-7,9-10,12-13,17,19H,8,11,14-16H2,1-2H3,(H,25,29). The van der Waals surface area contributed by atoms with Gasteiger partial charge in [0.2, 0.25) is 17.6 Å². The molecule has 1 aromatic heterocycles. The van der Waals surface area contributed by atoms with Gasteiger partial charge in [-0.25, -0.2) is 0 Å². The Morgan fingerprint density at radius 2 is 1.93 bits per heavy atom. The molecular weight excluding hydrogens is 376 g/mol. The fraction of sp³-hybridized carbons (Fsp3) is 0.375. The van der Waals surface area contributed by atoms with E-state index in [1.807, 2.05) is 48.5 Å². The van der Waals surface area contributed by atoms with E-state index in [-0.39, 0.29) is 11.8 Å². The van der Waals surface area contributed by atoms with E-state index in [1.54, 1.807) is 0 Å². The van der Waals surface area contributed by atoms with Gasteiger partial charge in [-0.3, -0.25) is 9.69 Å². The minimum atomic E-state index is -0.0458. The number of rotatable bonds is 6. The number of hydrogen-bond acceptors (Lipinski definition) is 5. The van der Waals surface area contributed by atoms with Crippen LogP contribution in [-0.4, -0.2) is 34.0 Å². The molecule has 1 fully saturated rings. The summed E-state index contributed by atoms with van der Waals surface area (Å²) in [4.78, 5) is 19.7. The highest BCUT2D eigenvalue weighted by Crippen LogP contribution is 2.26. The number of nitrogens with zero attached hydrogens (tertiary/aromatic N) is 3. The van der Waals surface area contributed by atoms with Crippen molar-refractivity contribution < 1.29 is 9.32 Å². The lowest BCUT2D eigenvalue weighted by Gasteiger charge is -2.31. The summed E-state index contributed by atoms with van der Waals surface area (Å²) in [5, 5.41) is 7.25. The third-order valence-corrected chi connectivity index (χ3v) is 5.58. The van der Waals surface area contributed by atoms with Gasteiger partial charge in [0.15, 0.2) is 0 Å². The first kappa shape index (κ1) is 20.3. The first-order valence-electron chi connectivity index (χ1n) is 10.6. The average molecular weight is 405 g/mol. The van der Waals surface area contributed by atoms with E-state index in [0.29, 0.717) is 30.7 Å². The Kier molecular flexibility index (Phi) is 6.23. The lowest BCUT2D eigenvalue weighted by molar-refractivity contribution is -0.121. The van der Waals surface area contributed by atoms with Gasteiger partial charge < -0.3 is 9.84 Å². The van der Waals surface area contributed by atoms with Gasteiger partial charge in [-0.2, -0.15) is 4.98 Å². The van der Waals surface area contributed by atoms with Crippen molar-refractivity contribution in [2.45, 2.75) is 39.2 Å². The first-order valence-corrected chi connectivity index (χ1v) is 10.6. The molecule has 0 radical (unpaired) electrons. The van der Waals surface area contributed by atoms with Crippen molar-refractivity contribution in [3.05, 3.63) is 66.1 Å². The second-order valence-electron chi connectivity index (χ2n) is 8.18. The molecule has 1 amide bonds. The molecule has 0 spiro atoms. The van der Waals surface area contributed by atoms with E-state index in [0.717, 1.165) is 36.2 Å². The molecule has 1 unspecified atom stereocenters. The van der Waals surface area contributed by atoms with Crippen LogP contribution < -0.4 is 5.32 Å². The van der Waals surface area contributed by atoms with Crippen LogP contribution in [0.2, 0.25) is 0 Å². The predicted octanol–water partition coefficient (Wildman–Crippen LogP) is 4.71. The van der Waals surface area contributed by atoms with Crippen LogP contribution in [0.5, 0.6) is 0 Å². The van der Waals surface area contributed by atoms with Gasteiger partial charge in [0.1, 0.15) is 0 Å². The third kappa shape index (κ3) is 4.76. The van der Waals surface area contributed by atoms with E-state index in [9.17, 15) is 4.79 Å². The molecule has 6 nitrogen and oxygen atoms in total. The molecule has 4 rings (SSSR count).